The second-order valence-corrected chi connectivity index (χ2v) is 8.09. The van der Waals surface area contributed by atoms with E-state index in [1.54, 1.807) is 12.1 Å². The average molecular weight is 449 g/mol. The number of unbranched alkanes of at least 4 members (excludes halogenated alkanes) is 2. The molecule has 2 saturated heterocycles. The predicted octanol–water partition coefficient (Wildman–Crippen LogP) is 0.113. The molecule has 10 heteroatoms. The van der Waals surface area contributed by atoms with Gasteiger partial charge in [0.15, 0.2) is 0 Å². The van der Waals surface area contributed by atoms with Crippen LogP contribution in [-0.2, 0) is 19.2 Å². The van der Waals surface area contributed by atoms with Gasteiger partial charge in [-0.2, -0.15) is 12.6 Å². The van der Waals surface area contributed by atoms with E-state index in [4.69, 9.17) is 0 Å². The normalized spacial score (nSPS) is 22.6. The Bertz CT molecular complexity index is 832. The van der Waals surface area contributed by atoms with E-state index >= 15 is 0 Å². The highest BCUT2D eigenvalue weighted by molar-refractivity contribution is 7.81. The van der Waals surface area contributed by atoms with Gasteiger partial charge in [-0.05, 0) is 43.4 Å². The molecule has 4 amide bonds. The molecule has 0 radical (unpaired) electrons. The fraction of sp³-hybridized carbons (Fsp3) is 0.524. The minimum absolute atomic E-state index is 0.0813. The first-order valence-electron chi connectivity index (χ1n) is 10.5. The second-order valence-electron chi connectivity index (χ2n) is 7.77. The number of hydrogen-bond acceptors (Lipinski definition) is 6. The number of carbonyl (C=O) groups is 4. The minimum atomic E-state index is -0.675. The molecule has 0 aliphatic carbocycles. The zero-order valence-electron chi connectivity index (χ0n) is 17.2. The van der Waals surface area contributed by atoms with E-state index in [1.165, 1.54) is 17.0 Å². The first kappa shape index (κ1) is 22.9. The maximum absolute atomic E-state index is 13.0. The van der Waals surface area contributed by atoms with Gasteiger partial charge in [0.05, 0.1) is 24.3 Å². The van der Waals surface area contributed by atoms with Gasteiger partial charge in [-0.15, -0.1) is 0 Å². The molecular formula is C21H28N4O5S. The molecule has 2 fully saturated rings. The molecule has 0 aromatic heterocycles. The molecular weight excluding hydrogens is 420 g/mol. The second kappa shape index (κ2) is 10.5. The van der Waals surface area contributed by atoms with Crippen molar-refractivity contribution in [3.8, 4) is 5.75 Å². The summed E-state index contributed by atoms with van der Waals surface area (Å²) in [6.45, 7) is 0.970. The Morgan fingerprint density at radius 2 is 1.77 bits per heavy atom. The molecule has 0 saturated carbocycles. The smallest absolute Gasteiger partial charge is 0.243 e. The Kier molecular flexibility index (Phi) is 7.78. The van der Waals surface area contributed by atoms with Crippen LogP contribution in [0.3, 0.4) is 0 Å². The lowest BCUT2D eigenvalue weighted by molar-refractivity contribution is -0.145. The van der Waals surface area contributed by atoms with E-state index < -0.39 is 18.0 Å². The number of nitrogens with zero attached hydrogens (tertiary/aromatic N) is 1. The van der Waals surface area contributed by atoms with Crippen molar-refractivity contribution in [3.05, 3.63) is 29.8 Å². The molecule has 3 atom stereocenters. The summed E-state index contributed by atoms with van der Waals surface area (Å²) in [5.74, 6) is -1.07. The third-order valence-electron chi connectivity index (χ3n) is 5.69. The first-order valence-corrected chi connectivity index (χ1v) is 11.1. The average Bonchev–Trinajstić information content (AvgIpc) is 3.18. The molecule has 1 aromatic carbocycles. The zero-order chi connectivity index (χ0) is 22.4. The number of thiol groups is 1. The standard InChI is InChI=1S/C21H28N4O5S/c26-14-6-4-13(5-7-14)19-15(10-16-21(30)24-11-18(28)25(16)19)20(29)23-9-3-1-2-8-22-17(27)12-31/h4-7,15-16,19,26,31H,1-3,8-12H2,(H,22,27)(H,23,29)(H,24,30)/t15-,16-,19-/m0/s1. The summed E-state index contributed by atoms with van der Waals surface area (Å²) in [4.78, 5) is 50.5. The van der Waals surface area contributed by atoms with Crippen molar-refractivity contribution in [3.63, 3.8) is 0 Å². The van der Waals surface area contributed by atoms with Crippen LogP contribution in [0.5, 0.6) is 5.75 Å². The molecule has 2 aliphatic heterocycles. The van der Waals surface area contributed by atoms with Gasteiger partial charge < -0.3 is 26.0 Å². The molecule has 168 valence electrons. The summed E-state index contributed by atoms with van der Waals surface area (Å²) in [5.41, 5.74) is 0.712. The molecule has 4 N–H and O–H groups in total. The topological polar surface area (TPSA) is 128 Å². The molecule has 3 rings (SSSR count). The highest BCUT2D eigenvalue weighted by Gasteiger charge is 2.51. The first-order chi connectivity index (χ1) is 14.9. The van der Waals surface area contributed by atoms with Crippen LogP contribution in [0.15, 0.2) is 24.3 Å². The van der Waals surface area contributed by atoms with E-state index in [0.29, 0.717) is 18.7 Å². The molecule has 1 aromatic rings. The number of hydrogen-bond donors (Lipinski definition) is 5. The monoisotopic (exact) mass is 448 g/mol. The zero-order valence-corrected chi connectivity index (χ0v) is 18.1. The fourth-order valence-electron chi connectivity index (χ4n) is 4.17. The SMILES string of the molecule is O=C(CS)NCCCCCNC(=O)[C@H]1C[C@H]2C(=O)NCC(=O)N2[C@H]1c1ccc(O)cc1. The van der Waals surface area contributed by atoms with E-state index in [9.17, 15) is 24.3 Å². The Hall–Kier alpha value is -2.75. The Morgan fingerprint density at radius 3 is 2.45 bits per heavy atom. The maximum Gasteiger partial charge on any atom is 0.243 e. The maximum atomic E-state index is 13.0. The fourth-order valence-corrected chi connectivity index (χ4v) is 4.28. The van der Waals surface area contributed by atoms with Gasteiger partial charge in [0.25, 0.3) is 0 Å². The largest absolute Gasteiger partial charge is 0.508 e. The van der Waals surface area contributed by atoms with Crippen LogP contribution in [0.25, 0.3) is 0 Å². The molecule has 2 aliphatic rings. The molecule has 31 heavy (non-hydrogen) atoms. The van der Waals surface area contributed by atoms with Gasteiger partial charge in [-0.1, -0.05) is 12.1 Å². The van der Waals surface area contributed by atoms with Crippen molar-refractivity contribution in [1.29, 1.82) is 0 Å². The van der Waals surface area contributed by atoms with Crippen LogP contribution in [-0.4, -0.2) is 65.1 Å². The number of phenolic OH excluding ortho intramolecular Hbond substituents is 1. The molecule has 0 spiro atoms. The summed E-state index contributed by atoms with van der Waals surface area (Å²) >= 11 is 3.90. The van der Waals surface area contributed by atoms with Gasteiger partial charge in [-0.25, -0.2) is 0 Å². The van der Waals surface area contributed by atoms with Gasteiger partial charge in [-0.3, -0.25) is 19.2 Å². The lowest BCUT2D eigenvalue weighted by Crippen LogP contribution is -2.56. The van der Waals surface area contributed by atoms with Crippen LogP contribution < -0.4 is 16.0 Å². The van der Waals surface area contributed by atoms with Crippen LogP contribution >= 0.6 is 12.6 Å². The van der Waals surface area contributed by atoms with Gasteiger partial charge >= 0.3 is 0 Å². The van der Waals surface area contributed by atoms with Gasteiger partial charge in [0, 0.05) is 13.1 Å². The number of phenols is 1. The van der Waals surface area contributed by atoms with E-state index in [1.807, 2.05) is 0 Å². The molecule has 2 heterocycles. The third kappa shape index (κ3) is 5.49. The summed E-state index contributed by atoms with van der Waals surface area (Å²) in [5, 5.41) is 17.9. The number of carbonyl (C=O) groups excluding carboxylic acids is 4. The molecule has 0 bridgehead atoms. The van der Waals surface area contributed by atoms with Gasteiger partial charge in [0.2, 0.25) is 23.6 Å². The minimum Gasteiger partial charge on any atom is -0.508 e. The number of rotatable bonds is 9. The Morgan fingerprint density at radius 1 is 1.10 bits per heavy atom. The van der Waals surface area contributed by atoms with Crippen molar-refractivity contribution in [2.75, 3.05) is 25.4 Å². The van der Waals surface area contributed by atoms with Crippen molar-refractivity contribution < 1.29 is 24.3 Å². The number of aromatic hydroxyl groups is 1. The number of benzene rings is 1. The number of nitrogens with one attached hydrogen (secondary N) is 3. The number of piperazine rings is 1. The van der Waals surface area contributed by atoms with Crippen molar-refractivity contribution in [2.45, 2.75) is 37.8 Å². The third-order valence-corrected chi connectivity index (χ3v) is 5.98. The summed E-state index contributed by atoms with van der Waals surface area (Å²) in [6, 6.07) is 5.16. The summed E-state index contributed by atoms with van der Waals surface area (Å²) < 4.78 is 0. The lowest BCUT2D eigenvalue weighted by atomic mass is 9.92. The quantitative estimate of drug-likeness (QED) is 0.271. The van der Waals surface area contributed by atoms with Crippen molar-refractivity contribution >= 4 is 36.3 Å². The van der Waals surface area contributed by atoms with Crippen LogP contribution in [0.4, 0.5) is 0 Å². The highest BCUT2D eigenvalue weighted by Crippen LogP contribution is 2.42. The van der Waals surface area contributed by atoms with E-state index in [-0.39, 0.29) is 48.1 Å². The summed E-state index contributed by atoms with van der Waals surface area (Å²) in [7, 11) is 0. The summed E-state index contributed by atoms with van der Waals surface area (Å²) in [6.07, 6.45) is 2.66. The molecule has 0 unspecified atom stereocenters. The number of fused-ring (bicyclic) bond motifs is 1. The van der Waals surface area contributed by atoms with Crippen molar-refractivity contribution in [2.24, 2.45) is 5.92 Å². The van der Waals surface area contributed by atoms with Crippen LogP contribution in [0.1, 0.15) is 37.3 Å². The van der Waals surface area contributed by atoms with E-state index in [2.05, 4.69) is 28.6 Å². The van der Waals surface area contributed by atoms with Crippen LogP contribution in [0.2, 0.25) is 0 Å². The number of amides is 4. The Balaban J connectivity index is 1.60. The lowest BCUT2D eigenvalue weighted by Gasteiger charge is -2.34. The molecule has 9 nitrogen and oxygen atoms in total. The predicted molar refractivity (Wildman–Crippen MR) is 116 cm³/mol. The van der Waals surface area contributed by atoms with Crippen LogP contribution in [0, 0.1) is 5.92 Å². The van der Waals surface area contributed by atoms with E-state index in [0.717, 1.165) is 19.3 Å². The van der Waals surface area contributed by atoms with Gasteiger partial charge in [0.1, 0.15) is 11.8 Å². The highest BCUT2D eigenvalue weighted by atomic mass is 32.1. The Labute approximate surface area is 186 Å². The van der Waals surface area contributed by atoms with Crippen molar-refractivity contribution in [1.82, 2.24) is 20.9 Å².